The molecular formula is C8H8ClN5OS. The number of aromatic nitrogens is 1. The second-order valence-electron chi connectivity index (χ2n) is 2.96. The number of nitriles is 1. The lowest BCUT2D eigenvalue weighted by molar-refractivity contribution is 0.0485. The molecule has 1 N–H and O–H groups in total. The Hall–Kier alpha value is -1.36. The van der Waals surface area contributed by atoms with Gasteiger partial charge in [-0.05, 0) is 0 Å². The topological polar surface area (TPSA) is 73.5 Å². The molecule has 0 atom stereocenters. The summed E-state index contributed by atoms with van der Waals surface area (Å²) in [6.45, 7) is 1.23. The lowest BCUT2D eigenvalue weighted by atomic mass is 10.5. The molecule has 0 aromatic carbocycles. The Kier molecular flexibility index (Phi) is 3.56. The van der Waals surface area contributed by atoms with Crippen LogP contribution in [0.3, 0.4) is 0 Å². The largest absolute Gasteiger partial charge is 0.339 e. The van der Waals surface area contributed by atoms with Crippen molar-refractivity contribution in [2.24, 2.45) is 4.99 Å². The van der Waals surface area contributed by atoms with Gasteiger partial charge in [0.15, 0.2) is 10.7 Å². The molecule has 2 rings (SSSR count). The zero-order valence-corrected chi connectivity index (χ0v) is 9.75. The SMILES string of the molecule is N#CNC1=NCOCN1Cc1cnc(Cl)s1. The fourth-order valence-electron chi connectivity index (χ4n) is 1.25. The number of thiazole rings is 1. The van der Waals surface area contributed by atoms with Crippen LogP contribution in [-0.4, -0.2) is 29.3 Å². The van der Waals surface area contributed by atoms with E-state index in [1.165, 1.54) is 11.3 Å². The maximum Gasteiger partial charge on any atom is 0.211 e. The molecule has 0 amide bonds. The predicted molar refractivity (Wildman–Crippen MR) is 59.7 cm³/mol. The number of ether oxygens (including phenoxy) is 1. The van der Waals surface area contributed by atoms with Gasteiger partial charge in [0.05, 0.1) is 6.54 Å². The second-order valence-corrected chi connectivity index (χ2v) is 4.66. The maximum absolute atomic E-state index is 8.57. The molecule has 0 unspecified atom stereocenters. The Balaban J connectivity index is 2.05. The van der Waals surface area contributed by atoms with Crippen molar-refractivity contribution >= 4 is 28.9 Å². The van der Waals surface area contributed by atoms with Crippen LogP contribution in [0.15, 0.2) is 11.2 Å². The summed E-state index contributed by atoms with van der Waals surface area (Å²) in [6.07, 6.45) is 3.54. The maximum atomic E-state index is 8.57. The highest BCUT2D eigenvalue weighted by Gasteiger charge is 2.16. The van der Waals surface area contributed by atoms with Gasteiger partial charge in [-0.1, -0.05) is 11.6 Å². The van der Waals surface area contributed by atoms with Gasteiger partial charge >= 0.3 is 0 Å². The summed E-state index contributed by atoms with van der Waals surface area (Å²) in [5.41, 5.74) is 0. The van der Waals surface area contributed by atoms with E-state index in [2.05, 4.69) is 15.3 Å². The minimum atomic E-state index is 0.268. The highest BCUT2D eigenvalue weighted by atomic mass is 35.5. The smallest absolute Gasteiger partial charge is 0.211 e. The fourth-order valence-corrected chi connectivity index (χ4v) is 2.25. The third-order valence-electron chi connectivity index (χ3n) is 1.89. The normalized spacial score (nSPS) is 15.5. The average Bonchev–Trinajstić information content (AvgIpc) is 2.67. The molecule has 16 heavy (non-hydrogen) atoms. The van der Waals surface area contributed by atoms with E-state index in [1.54, 1.807) is 11.1 Å². The summed E-state index contributed by atoms with van der Waals surface area (Å²) >= 11 is 7.13. The van der Waals surface area contributed by atoms with E-state index in [9.17, 15) is 0 Å². The van der Waals surface area contributed by atoms with E-state index in [-0.39, 0.29) is 6.73 Å². The highest BCUT2D eigenvalue weighted by molar-refractivity contribution is 7.15. The van der Waals surface area contributed by atoms with Crippen LogP contribution < -0.4 is 5.32 Å². The molecule has 0 spiro atoms. The first-order chi connectivity index (χ1) is 7.79. The average molecular weight is 258 g/mol. The van der Waals surface area contributed by atoms with Gasteiger partial charge in [0, 0.05) is 11.1 Å². The number of nitrogens with one attached hydrogen (secondary N) is 1. The van der Waals surface area contributed by atoms with E-state index < -0.39 is 0 Å². The molecule has 0 saturated heterocycles. The minimum absolute atomic E-state index is 0.268. The van der Waals surface area contributed by atoms with Crippen LogP contribution in [0.4, 0.5) is 0 Å². The van der Waals surface area contributed by atoms with E-state index in [0.717, 1.165) is 4.88 Å². The number of hydrogen-bond acceptors (Lipinski definition) is 7. The highest BCUT2D eigenvalue weighted by Crippen LogP contribution is 2.19. The standard InChI is InChI=1S/C8H8ClN5OS/c9-7-11-1-6(16-7)2-14-5-15-4-13-8(14)12-3-10/h1H,2,4-5H2,(H,12,13). The van der Waals surface area contributed by atoms with Crippen LogP contribution in [0.5, 0.6) is 0 Å². The Morgan fingerprint density at radius 3 is 3.31 bits per heavy atom. The summed E-state index contributed by atoms with van der Waals surface area (Å²) < 4.78 is 5.68. The van der Waals surface area contributed by atoms with Gasteiger partial charge in [-0.2, -0.15) is 5.26 Å². The molecule has 6 nitrogen and oxygen atoms in total. The molecule has 84 valence electrons. The van der Waals surface area contributed by atoms with Crippen molar-refractivity contribution in [1.82, 2.24) is 15.2 Å². The molecule has 8 heteroatoms. The summed E-state index contributed by atoms with van der Waals surface area (Å²) in [7, 11) is 0. The monoisotopic (exact) mass is 257 g/mol. The fraction of sp³-hybridized carbons (Fsp3) is 0.375. The van der Waals surface area contributed by atoms with Crippen LogP contribution in [-0.2, 0) is 11.3 Å². The quantitative estimate of drug-likeness (QED) is 0.631. The molecule has 0 radical (unpaired) electrons. The van der Waals surface area contributed by atoms with Crippen molar-refractivity contribution in [3.05, 3.63) is 15.5 Å². The second kappa shape index (κ2) is 5.12. The molecule has 1 aliphatic rings. The summed E-state index contributed by atoms with van der Waals surface area (Å²) in [6, 6.07) is 0. The Bertz CT molecular complexity index is 440. The van der Waals surface area contributed by atoms with Crippen molar-refractivity contribution in [2.45, 2.75) is 6.54 Å². The number of halogens is 1. The van der Waals surface area contributed by atoms with Crippen LogP contribution in [0, 0.1) is 11.5 Å². The third kappa shape index (κ3) is 2.61. The molecule has 1 aliphatic heterocycles. The van der Waals surface area contributed by atoms with Gasteiger partial charge in [0.25, 0.3) is 0 Å². The van der Waals surface area contributed by atoms with E-state index in [4.69, 9.17) is 21.6 Å². The third-order valence-corrected chi connectivity index (χ3v) is 2.99. The Morgan fingerprint density at radius 2 is 2.62 bits per heavy atom. The Morgan fingerprint density at radius 1 is 1.75 bits per heavy atom. The van der Waals surface area contributed by atoms with E-state index in [1.807, 2.05) is 6.19 Å². The molecule has 0 bridgehead atoms. The first-order valence-corrected chi connectivity index (χ1v) is 5.61. The van der Waals surface area contributed by atoms with Gasteiger partial charge in [-0.25, -0.2) is 9.98 Å². The molecule has 1 aromatic rings. The molecule has 0 fully saturated rings. The summed E-state index contributed by atoms with van der Waals surface area (Å²) in [4.78, 5) is 10.8. The minimum Gasteiger partial charge on any atom is -0.339 e. The molecule has 0 aliphatic carbocycles. The van der Waals surface area contributed by atoms with E-state index >= 15 is 0 Å². The molecule has 1 aromatic heterocycles. The lowest BCUT2D eigenvalue weighted by Gasteiger charge is -2.26. The van der Waals surface area contributed by atoms with Crippen molar-refractivity contribution in [3.8, 4) is 6.19 Å². The Labute approximate surface area is 101 Å². The summed E-state index contributed by atoms with van der Waals surface area (Å²) in [5.74, 6) is 0.512. The van der Waals surface area contributed by atoms with Crippen LogP contribution in [0.25, 0.3) is 0 Å². The zero-order chi connectivity index (χ0) is 11.4. The number of nitrogens with zero attached hydrogens (tertiary/aromatic N) is 4. The number of guanidine groups is 1. The first kappa shape index (κ1) is 11.1. The van der Waals surface area contributed by atoms with Crippen molar-refractivity contribution < 1.29 is 4.74 Å². The lowest BCUT2D eigenvalue weighted by Crippen LogP contribution is -2.43. The van der Waals surface area contributed by atoms with Crippen LogP contribution in [0.2, 0.25) is 4.47 Å². The first-order valence-electron chi connectivity index (χ1n) is 4.42. The van der Waals surface area contributed by atoms with Crippen molar-refractivity contribution in [2.75, 3.05) is 13.5 Å². The predicted octanol–water partition coefficient (Wildman–Crippen LogP) is 0.970. The number of hydrogen-bond donors (Lipinski definition) is 1. The van der Waals surface area contributed by atoms with Gasteiger partial charge in [0.1, 0.15) is 13.5 Å². The van der Waals surface area contributed by atoms with Crippen molar-refractivity contribution in [3.63, 3.8) is 0 Å². The summed E-state index contributed by atoms with van der Waals surface area (Å²) in [5, 5.41) is 11.1. The van der Waals surface area contributed by atoms with Crippen molar-refractivity contribution in [1.29, 1.82) is 5.26 Å². The molecule has 0 saturated carbocycles. The van der Waals surface area contributed by atoms with E-state index in [0.29, 0.717) is 23.7 Å². The van der Waals surface area contributed by atoms with Crippen LogP contribution >= 0.6 is 22.9 Å². The molecular weight excluding hydrogens is 250 g/mol. The zero-order valence-electron chi connectivity index (χ0n) is 8.18. The molecule has 2 heterocycles. The van der Waals surface area contributed by atoms with Gasteiger partial charge in [-0.3, -0.25) is 5.32 Å². The number of aliphatic imine (C=N–C) groups is 1. The van der Waals surface area contributed by atoms with Gasteiger partial charge in [0.2, 0.25) is 5.96 Å². The van der Waals surface area contributed by atoms with Crippen LogP contribution in [0.1, 0.15) is 4.88 Å². The number of rotatable bonds is 2. The van der Waals surface area contributed by atoms with Gasteiger partial charge < -0.3 is 9.64 Å². The van der Waals surface area contributed by atoms with Gasteiger partial charge in [-0.15, -0.1) is 11.3 Å².